The van der Waals surface area contributed by atoms with Gasteiger partial charge in [0.05, 0.1) is 15.3 Å². The first-order valence-electron chi connectivity index (χ1n) is 12.1. The Morgan fingerprint density at radius 3 is 2.63 bits per heavy atom. The molecule has 38 heavy (non-hydrogen) atoms. The van der Waals surface area contributed by atoms with Crippen LogP contribution in [0, 0.1) is 11.3 Å². The van der Waals surface area contributed by atoms with Gasteiger partial charge in [-0.1, -0.05) is 6.92 Å². The number of alkyl halides is 3. The van der Waals surface area contributed by atoms with E-state index >= 15 is 0 Å². The van der Waals surface area contributed by atoms with Crippen LogP contribution in [-0.4, -0.2) is 26.0 Å². The van der Waals surface area contributed by atoms with Crippen LogP contribution in [0.1, 0.15) is 49.7 Å². The molecule has 3 aromatic heterocycles. The average molecular weight is 559 g/mol. The van der Waals surface area contributed by atoms with Crippen LogP contribution in [0.5, 0.6) is 0 Å². The van der Waals surface area contributed by atoms with E-state index in [2.05, 4.69) is 15.3 Å². The van der Waals surface area contributed by atoms with E-state index in [0.717, 1.165) is 51.7 Å². The van der Waals surface area contributed by atoms with Gasteiger partial charge in [0, 0.05) is 24.0 Å². The Bertz CT molecular complexity index is 1450. The quantitative estimate of drug-likeness (QED) is 0.249. The fraction of sp³-hybridized carbons (Fsp3) is 0.333. The van der Waals surface area contributed by atoms with E-state index in [9.17, 15) is 23.1 Å². The second-order valence-electron chi connectivity index (χ2n) is 9.86. The minimum absolute atomic E-state index is 0.0243. The number of aromatic nitrogens is 3. The molecular weight excluding hydrogens is 533 g/mol. The van der Waals surface area contributed by atoms with Gasteiger partial charge in [-0.15, -0.1) is 11.3 Å². The van der Waals surface area contributed by atoms with Gasteiger partial charge in [0.15, 0.2) is 0 Å². The minimum atomic E-state index is -4.57. The Labute approximate surface area is 225 Å². The fourth-order valence-corrected chi connectivity index (χ4v) is 6.54. The number of rotatable bonds is 6. The van der Waals surface area contributed by atoms with Gasteiger partial charge in [-0.25, -0.2) is 15.0 Å². The number of nitrogens with one attached hydrogen (secondary N) is 1. The van der Waals surface area contributed by atoms with Crippen molar-refractivity contribution in [2.75, 3.05) is 5.32 Å². The van der Waals surface area contributed by atoms with Gasteiger partial charge in [-0.05, 0) is 89.9 Å². The summed E-state index contributed by atoms with van der Waals surface area (Å²) in [4.78, 5) is 25.0. The molecule has 3 unspecified atom stereocenters. The van der Waals surface area contributed by atoms with Crippen LogP contribution in [0.4, 0.5) is 24.8 Å². The third kappa shape index (κ3) is 5.30. The largest absolute Gasteiger partial charge is 0.481 e. The maximum atomic E-state index is 13.2. The zero-order valence-corrected chi connectivity index (χ0v) is 22.3. The van der Waals surface area contributed by atoms with Crippen molar-refractivity contribution < 1.29 is 23.1 Å². The molecule has 0 saturated heterocycles. The Balaban J connectivity index is 1.45. The summed E-state index contributed by atoms with van der Waals surface area (Å²) in [6.07, 6.45) is 0.437. The van der Waals surface area contributed by atoms with Crippen molar-refractivity contribution in [1.29, 1.82) is 0 Å². The molecule has 5 rings (SSSR count). The van der Waals surface area contributed by atoms with Crippen LogP contribution < -0.4 is 5.32 Å². The predicted octanol–water partition coefficient (Wildman–Crippen LogP) is 8.09. The van der Waals surface area contributed by atoms with Crippen molar-refractivity contribution in [1.82, 2.24) is 15.0 Å². The number of thiophene rings is 1. The van der Waals surface area contributed by atoms with Gasteiger partial charge in [0.1, 0.15) is 5.69 Å². The fourth-order valence-electron chi connectivity index (χ4n) is 4.82. The van der Waals surface area contributed by atoms with Gasteiger partial charge >= 0.3 is 12.1 Å². The molecule has 6 nitrogen and oxygen atoms in total. The number of hydrogen-bond acceptors (Lipinski definition) is 7. The van der Waals surface area contributed by atoms with E-state index in [0.29, 0.717) is 12.1 Å². The van der Waals surface area contributed by atoms with Crippen LogP contribution in [0.15, 0.2) is 53.5 Å². The smallest absolute Gasteiger partial charge is 0.433 e. The molecule has 0 amide bonds. The molecular formula is C27H25F3N4O2S2. The van der Waals surface area contributed by atoms with Crippen molar-refractivity contribution in [3.05, 3.63) is 64.2 Å². The number of halogens is 3. The maximum absolute atomic E-state index is 13.2. The number of aliphatic carboxylic acids is 1. The lowest BCUT2D eigenvalue weighted by molar-refractivity contribution is -0.153. The van der Waals surface area contributed by atoms with Crippen LogP contribution in [0.25, 0.3) is 21.6 Å². The Hall–Kier alpha value is -3.31. The first kappa shape index (κ1) is 26.3. The Morgan fingerprint density at radius 1 is 1.16 bits per heavy atom. The summed E-state index contributed by atoms with van der Waals surface area (Å²) < 4.78 is 39.5. The summed E-state index contributed by atoms with van der Waals surface area (Å²) >= 11 is 3.12. The number of anilines is 2. The molecule has 2 N–H and O–H groups in total. The van der Waals surface area contributed by atoms with Crippen molar-refractivity contribution >= 4 is 40.3 Å². The van der Waals surface area contributed by atoms with E-state index in [1.165, 1.54) is 0 Å². The van der Waals surface area contributed by atoms with E-state index in [1.54, 1.807) is 22.7 Å². The molecule has 3 heterocycles. The zero-order chi connectivity index (χ0) is 27.1. The SMILES string of the molecule is CC1CC(c2ncc(-c3cc(Nc4nccc(C(F)(F)F)n4)cc(-c4ccsc4)c3)s2)CCC1(C)C(=O)O. The number of carbonyl (C=O) groups is 1. The van der Waals surface area contributed by atoms with Crippen LogP contribution >= 0.6 is 22.7 Å². The minimum Gasteiger partial charge on any atom is -0.481 e. The number of nitrogens with zero attached hydrogens (tertiary/aromatic N) is 3. The summed E-state index contributed by atoms with van der Waals surface area (Å²) in [6, 6.07) is 8.55. The summed E-state index contributed by atoms with van der Waals surface area (Å²) in [5.74, 6) is -0.683. The summed E-state index contributed by atoms with van der Waals surface area (Å²) in [5, 5.41) is 17.6. The normalized spacial score (nSPS) is 21.8. The molecule has 3 atom stereocenters. The number of carboxylic acids is 1. The lowest BCUT2D eigenvalue weighted by Crippen LogP contribution is -2.38. The molecule has 1 aromatic carbocycles. The number of thiazole rings is 1. The molecule has 1 aliphatic carbocycles. The molecule has 198 valence electrons. The summed E-state index contributed by atoms with van der Waals surface area (Å²) in [7, 11) is 0. The van der Waals surface area contributed by atoms with Gasteiger partial charge in [0.2, 0.25) is 5.95 Å². The van der Waals surface area contributed by atoms with E-state index in [-0.39, 0.29) is 17.8 Å². The molecule has 11 heteroatoms. The molecule has 4 aromatic rings. The Kier molecular flexibility index (Phi) is 6.99. The topological polar surface area (TPSA) is 88.0 Å². The first-order chi connectivity index (χ1) is 18.0. The van der Waals surface area contributed by atoms with Crippen molar-refractivity contribution in [2.45, 2.75) is 45.2 Å². The van der Waals surface area contributed by atoms with Gasteiger partial charge in [-0.2, -0.15) is 24.5 Å². The van der Waals surface area contributed by atoms with Crippen LogP contribution in [0.3, 0.4) is 0 Å². The molecule has 1 aliphatic rings. The lowest BCUT2D eigenvalue weighted by atomic mass is 9.65. The van der Waals surface area contributed by atoms with E-state index in [1.807, 2.05) is 55.1 Å². The third-order valence-electron chi connectivity index (χ3n) is 7.37. The highest BCUT2D eigenvalue weighted by Crippen LogP contribution is 2.48. The summed E-state index contributed by atoms with van der Waals surface area (Å²) in [6.45, 7) is 3.81. The average Bonchev–Trinajstić information content (AvgIpc) is 3.58. The van der Waals surface area contributed by atoms with Gasteiger partial charge in [0.25, 0.3) is 0 Å². The zero-order valence-electron chi connectivity index (χ0n) is 20.6. The molecule has 1 fully saturated rings. The predicted molar refractivity (Wildman–Crippen MR) is 143 cm³/mol. The van der Waals surface area contributed by atoms with Crippen LogP contribution in [-0.2, 0) is 11.0 Å². The highest BCUT2D eigenvalue weighted by molar-refractivity contribution is 7.15. The molecule has 0 aliphatic heterocycles. The number of carboxylic acid groups (broad SMARTS) is 1. The third-order valence-corrected chi connectivity index (χ3v) is 9.27. The Morgan fingerprint density at radius 2 is 1.95 bits per heavy atom. The molecule has 0 spiro atoms. The molecule has 0 radical (unpaired) electrons. The highest BCUT2D eigenvalue weighted by atomic mass is 32.1. The van der Waals surface area contributed by atoms with Gasteiger partial charge < -0.3 is 10.4 Å². The number of hydrogen-bond donors (Lipinski definition) is 2. The molecule has 0 bridgehead atoms. The summed E-state index contributed by atoms with van der Waals surface area (Å²) in [5.41, 5.74) is 1.57. The van der Waals surface area contributed by atoms with Crippen LogP contribution in [0.2, 0.25) is 0 Å². The second kappa shape index (κ2) is 10.1. The van der Waals surface area contributed by atoms with Crippen molar-refractivity contribution in [2.24, 2.45) is 11.3 Å². The van der Waals surface area contributed by atoms with E-state index < -0.39 is 23.3 Å². The first-order valence-corrected chi connectivity index (χ1v) is 13.8. The van der Waals surface area contributed by atoms with Gasteiger partial charge in [-0.3, -0.25) is 4.79 Å². The van der Waals surface area contributed by atoms with Crippen molar-refractivity contribution in [3.63, 3.8) is 0 Å². The number of benzene rings is 1. The van der Waals surface area contributed by atoms with E-state index in [4.69, 9.17) is 4.98 Å². The lowest BCUT2D eigenvalue weighted by Gasteiger charge is -2.39. The molecule has 1 saturated carbocycles. The second-order valence-corrected chi connectivity index (χ2v) is 11.7. The van der Waals surface area contributed by atoms with Crippen molar-refractivity contribution in [3.8, 4) is 21.6 Å². The monoisotopic (exact) mass is 558 g/mol. The highest BCUT2D eigenvalue weighted by Gasteiger charge is 2.44. The maximum Gasteiger partial charge on any atom is 0.433 e. The standard InChI is InChI=1S/C27H25F3N4O2S2/c1-15-9-16(3-6-26(15,2)24(35)36)23-32-13-21(38-23)19-10-18(17-5-8-37-14-17)11-20(12-19)33-25-31-7-4-22(34-25)27(28,29)30/h4-5,7-8,10-16H,3,6,9H2,1-2H3,(H,35,36)(H,31,33,34).